The van der Waals surface area contributed by atoms with Gasteiger partial charge in [0.15, 0.2) is 6.10 Å². The van der Waals surface area contributed by atoms with Crippen molar-refractivity contribution in [1.29, 1.82) is 5.26 Å². The van der Waals surface area contributed by atoms with Gasteiger partial charge in [-0.3, -0.25) is 10.1 Å². The SMILES string of the molecule is CCOC(=O)OC(C#N)CCCc1cccc(C(O)C[N+](=O)[O-])c1. The van der Waals surface area contributed by atoms with Crippen LogP contribution in [0.3, 0.4) is 0 Å². The Bertz CT molecular complexity index is 598. The number of carbonyl (C=O) groups excluding carboxylic acids is 1. The summed E-state index contributed by atoms with van der Waals surface area (Å²) in [6, 6.07) is 8.75. The molecule has 0 fully saturated rings. The van der Waals surface area contributed by atoms with Crippen LogP contribution in [0.25, 0.3) is 0 Å². The van der Waals surface area contributed by atoms with Gasteiger partial charge in [0, 0.05) is 4.92 Å². The number of ether oxygens (including phenoxy) is 2. The number of benzene rings is 1. The standard InChI is InChI=1S/C16H20N2O6/c1-2-23-16(20)24-14(10-17)8-4-6-12-5-3-7-13(9-12)15(19)11-18(21)22/h3,5,7,9,14-15,19H,2,4,6,8,11H2,1H3. The van der Waals surface area contributed by atoms with Crippen molar-refractivity contribution in [3.63, 3.8) is 0 Å². The number of hydrogen-bond acceptors (Lipinski definition) is 7. The summed E-state index contributed by atoms with van der Waals surface area (Å²) in [6.07, 6.45) is -1.40. The van der Waals surface area contributed by atoms with Crippen LogP contribution in [0.4, 0.5) is 4.79 Å². The molecule has 8 heteroatoms. The van der Waals surface area contributed by atoms with Gasteiger partial charge in [-0.05, 0) is 37.3 Å². The maximum absolute atomic E-state index is 11.2. The molecule has 0 amide bonds. The quantitative estimate of drug-likeness (QED) is 0.417. The van der Waals surface area contributed by atoms with Crippen LogP contribution in [0.1, 0.15) is 37.0 Å². The lowest BCUT2D eigenvalue weighted by Gasteiger charge is -2.11. The van der Waals surface area contributed by atoms with E-state index in [1.54, 1.807) is 25.1 Å². The van der Waals surface area contributed by atoms with Gasteiger partial charge in [0.05, 0.1) is 6.61 Å². The molecule has 130 valence electrons. The minimum Gasteiger partial charge on any atom is -0.435 e. The molecule has 8 nitrogen and oxygen atoms in total. The number of nitriles is 1. The van der Waals surface area contributed by atoms with Gasteiger partial charge < -0.3 is 14.6 Å². The molecule has 24 heavy (non-hydrogen) atoms. The molecule has 2 atom stereocenters. The van der Waals surface area contributed by atoms with Gasteiger partial charge in [-0.2, -0.15) is 5.26 Å². The number of nitro groups is 1. The van der Waals surface area contributed by atoms with Crippen LogP contribution >= 0.6 is 0 Å². The van der Waals surface area contributed by atoms with Crippen LogP contribution in [0, 0.1) is 21.4 Å². The predicted molar refractivity (Wildman–Crippen MR) is 83.7 cm³/mol. The van der Waals surface area contributed by atoms with E-state index < -0.39 is 29.8 Å². The zero-order valence-corrected chi connectivity index (χ0v) is 13.4. The molecule has 0 spiro atoms. The van der Waals surface area contributed by atoms with Gasteiger partial charge >= 0.3 is 6.16 Å². The maximum atomic E-state index is 11.2. The van der Waals surface area contributed by atoms with Gasteiger partial charge in [-0.1, -0.05) is 24.3 Å². The summed E-state index contributed by atoms with van der Waals surface area (Å²) >= 11 is 0. The van der Waals surface area contributed by atoms with E-state index in [0.29, 0.717) is 24.8 Å². The van der Waals surface area contributed by atoms with Gasteiger partial charge in [-0.25, -0.2) is 4.79 Å². The van der Waals surface area contributed by atoms with Crippen molar-refractivity contribution in [3.05, 3.63) is 45.5 Å². The Kier molecular flexibility index (Phi) is 8.22. The second-order valence-electron chi connectivity index (χ2n) is 5.09. The molecular weight excluding hydrogens is 316 g/mol. The molecule has 0 radical (unpaired) electrons. The molecule has 0 heterocycles. The summed E-state index contributed by atoms with van der Waals surface area (Å²) in [5.41, 5.74) is 1.35. The number of aliphatic hydroxyl groups is 1. The third kappa shape index (κ3) is 7.07. The molecular formula is C16H20N2O6. The van der Waals surface area contributed by atoms with E-state index in [1.807, 2.05) is 12.1 Å². The lowest BCUT2D eigenvalue weighted by molar-refractivity contribution is -0.491. The third-order valence-electron chi connectivity index (χ3n) is 3.23. The zero-order valence-electron chi connectivity index (χ0n) is 13.4. The fraction of sp³-hybridized carbons (Fsp3) is 0.500. The largest absolute Gasteiger partial charge is 0.509 e. The first kappa shape index (κ1) is 19.4. The van der Waals surface area contributed by atoms with Crippen LogP contribution in [-0.2, 0) is 15.9 Å². The normalized spacial score (nSPS) is 12.7. The molecule has 0 aliphatic carbocycles. The molecule has 1 rings (SSSR count). The summed E-state index contributed by atoms with van der Waals surface area (Å²) in [7, 11) is 0. The predicted octanol–water partition coefficient (Wildman–Crippen LogP) is 2.38. The van der Waals surface area contributed by atoms with Crippen molar-refractivity contribution >= 4 is 6.16 Å². The van der Waals surface area contributed by atoms with Crippen LogP contribution in [0.2, 0.25) is 0 Å². The molecule has 0 aromatic heterocycles. The highest BCUT2D eigenvalue weighted by Gasteiger charge is 2.16. The average molecular weight is 336 g/mol. The van der Waals surface area contributed by atoms with E-state index in [1.165, 1.54) is 0 Å². The molecule has 0 saturated heterocycles. The Hall–Kier alpha value is -2.66. The maximum Gasteiger partial charge on any atom is 0.509 e. The highest BCUT2D eigenvalue weighted by molar-refractivity contribution is 5.60. The Labute approximate surface area is 139 Å². The second-order valence-corrected chi connectivity index (χ2v) is 5.09. The Balaban J connectivity index is 2.51. The van der Waals surface area contributed by atoms with E-state index in [9.17, 15) is 20.0 Å². The van der Waals surface area contributed by atoms with E-state index >= 15 is 0 Å². The van der Waals surface area contributed by atoms with Crippen LogP contribution in [-0.4, -0.2) is 35.4 Å². The zero-order chi connectivity index (χ0) is 17.9. The lowest BCUT2D eigenvalue weighted by Crippen LogP contribution is -2.17. The molecule has 1 aromatic rings. The fourth-order valence-electron chi connectivity index (χ4n) is 2.11. The fourth-order valence-corrected chi connectivity index (χ4v) is 2.11. The Morgan fingerprint density at radius 2 is 2.25 bits per heavy atom. The first-order valence-corrected chi connectivity index (χ1v) is 7.58. The molecule has 1 aromatic carbocycles. The number of nitrogens with zero attached hydrogens (tertiary/aromatic N) is 2. The average Bonchev–Trinajstić information content (AvgIpc) is 2.53. The van der Waals surface area contributed by atoms with Crippen LogP contribution in [0.5, 0.6) is 0 Å². The summed E-state index contributed by atoms with van der Waals surface area (Å²) < 4.78 is 9.46. The van der Waals surface area contributed by atoms with E-state index in [2.05, 4.69) is 4.74 Å². The molecule has 0 saturated carbocycles. The molecule has 0 aliphatic heterocycles. The van der Waals surface area contributed by atoms with Crippen molar-refractivity contribution in [3.8, 4) is 6.07 Å². The van der Waals surface area contributed by atoms with E-state index in [-0.39, 0.29) is 6.61 Å². The van der Waals surface area contributed by atoms with E-state index in [0.717, 1.165) is 5.56 Å². The van der Waals surface area contributed by atoms with Gasteiger partial charge in [0.2, 0.25) is 6.54 Å². The molecule has 2 unspecified atom stereocenters. The first-order valence-electron chi connectivity index (χ1n) is 7.58. The van der Waals surface area contributed by atoms with Crippen LogP contribution < -0.4 is 0 Å². The monoisotopic (exact) mass is 336 g/mol. The highest BCUT2D eigenvalue weighted by atomic mass is 16.7. The Morgan fingerprint density at radius 1 is 1.50 bits per heavy atom. The van der Waals surface area contributed by atoms with Gasteiger partial charge in [0.1, 0.15) is 12.2 Å². The van der Waals surface area contributed by atoms with Crippen molar-refractivity contribution in [1.82, 2.24) is 0 Å². The van der Waals surface area contributed by atoms with Crippen molar-refractivity contribution in [2.24, 2.45) is 0 Å². The number of hydrogen-bond donors (Lipinski definition) is 1. The smallest absolute Gasteiger partial charge is 0.435 e. The summed E-state index contributed by atoms with van der Waals surface area (Å²) in [5.74, 6) is 0. The van der Waals surface area contributed by atoms with Crippen LogP contribution in [0.15, 0.2) is 24.3 Å². The van der Waals surface area contributed by atoms with Gasteiger partial charge in [0.25, 0.3) is 0 Å². The highest BCUT2D eigenvalue weighted by Crippen LogP contribution is 2.17. The number of aliphatic hydroxyl groups excluding tert-OH is 1. The third-order valence-corrected chi connectivity index (χ3v) is 3.23. The number of aryl methyl sites for hydroxylation is 1. The summed E-state index contributed by atoms with van der Waals surface area (Å²) in [4.78, 5) is 21.1. The minimum absolute atomic E-state index is 0.177. The van der Waals surface area contributed by atoms with E-state index in [4.69, 9.17) is 10.00 Å². The number of carbonyl (C=O) groups is 1. The second kappa shape index (κ2) is 10.2. The van der Waals surface area contributed by atoms with Crippen molar-refractivity contribution in [2.75, 3.05) is 13.2 Å². The first-order chi connectivity index (χ1) is 11.5. The summed E-state index contributed by atoms with van der Waals surface area (Å²) in [5, 5.41) is 29.2. The summed E-state index contributed by atoms with van der Waals surface area (Å²) in [6.45, 7) is 1.27. The molecule has 1 N–H and O–H groups in total. The number of rotatable bonds is 9. The lowest BCUT2D eigenvalue weighted by atomic mass is 10.0. The van der Waals surface area contributed by atoms with Crippen molar-refractivity contribution < 1.29 is 24.3 Å². The minimum atomic E-state index is -1.15. The molecule has 0 aliphatic rings. The molecule has 0 bridgehead atoms. The van der Waals surface area contributed by atoms with Crippen molar-refractivity contribution in [2.45, 2.75) is 38.4 Å². The Morgan fingerprint density at radius 3 is 2.88 bits per heavy atom. The van der Waals surface area contributed by atoms with Gasteiger partial charge in [-0.15, -0.1) is 0 Å². The topological polar surface area (TPSA) is 123 Å².